The molecule has 1 atom stereocenters. The van der Waals surface area contributed by atoms with Gasteiger partial charge in [0.05, 0.1) is 11.0 Å². The zero-order chi connectivity index (χ0) is 13.4. The highest BCUT2D eigenvalue weighted by Crippen LogP contribution is 2.22. The average Bonchev–Trinajstić information content (AvgIpc) is 3.06. The standard InChI is InChI=1S/C14H17N5/c1-10(19-7-3-6-16-19)14-17-12-5-4-11(9-15)8-13(12)18(14)2/h3-8,10H,9,15H2,1-2H3. The van der Waals surface area contributed by atoms with Crippen molar-refractivity contribution in [2.24, 2.45) is 12.8 Å². The second kappa shape index (κ2) is 4.51. The summed E-state index contributed by atoms with van der Waals surface area (Å²) in [4.78, 5) is 4.70. The van der Waals surface area contributed by atoms with Gasteiger partial charge >= 0.3 is 0 Å². The molecule has 1 aromatic carbocycles. The Kier molecular flexibility index (Phi) is 2.83. The molecule has 2 N–H and O–H groups in total. The number of aryl methyl sites for hydroxylation is 1. The van der Waals surface area contributed by atoms with Crippen molar-refractivity contribution in [3.8, 4) is 0 Å². The molecule has 0 fully saturated rings. The molecule has 0 aliphatic heterocycles. The van der Waals surface area contributed by atoms with Gasteiger partial charge in [0, 0.05) is 26.0 Å². The molecule has 0 saturated heterocycles. The first-order chi connectivity index (χ1) is 9.20. The van der Waals surface area contributed by atoms with E-state index in [2.05, 4.69) is 22.7 Å². The number of nitrogens with zero attached hydrogens (tertiary/aromatic N) is 4. The highest BCUT2D eigenvalue weighted by atomic mass is 15.3. The number of hydrogen-bond donors (Lipinski definition) is 1. The molecule has 2 aromatic heterocycles. The fraction of sp³-hybridized carbons (Fsp3) is 0.286. The van der Waals surface area contributed by atoms with Crippen LogP contribution in [0.3, 0.4) is 0 Å². The highest BCUT2D eigenvalue weighted by molar-refractivity contribution is 5.77. The first-order valence-electron chi connectivity index (χ1n) is 6.35. The zero-order valence-corrected chi connectivity index (χ0v) is 11.1. The van der Waals surface area contributed by atoms with Crippen LogP contribution in [0.25, 0.3) is 11.0 Å². The normalized spacial score (nSPS) is 13.0. The second-order valence-electron chi connectivity index (χ2n) is 4.72. The predicted molar refractivity (Wildman–Crippen MR) is 74.6 cm³/mol. The van der Waals surface area contributed by atoms with Gasteiger partial charge in [0.1, 0.15) is 11.9 Å². The summed E-state index contributed by atoms with van der Waals surface area (Å²) in [7, 11) is 2.03. The zero-order valence-electron chi connectivity index (χ0n) is 11.1. The van der Waals surface area contributed by atoms with E-state index in [1.807, 2.05) is 36.1 Å². The fourth-order valence-electron chi connectivity index (χ4n) is 2.38. The summed E-state index contributed by atoms with van der Waals surface area (Å²) >= 11 is 0. The molecule has 0 spiro atoms. The van der Waals surface area contributed by atoms with Crippen molar-refractivity contribution < 1.29 is 0 Å². The fourth-order valence-corrected chi connectivity index (χ4v) is 2.38. The molecule has 2 heterocycles. The minimum atomic E-state index is 0.105. The van der Waals surface area contributed by atoms with Crippen molar-refractivity contribution in [1.29, 1.82) is 0 Å². The molecule has 0 aliphatic carbocycles. The lowest BCUT2D eigenvalue weighted by molar-refractivity contribution is 0.523. The maximum Gasteiger partial charge on any atom is 0.134 e. The minimum Gasteiger partial charge on any atom is -0.329 e. The number of nitrogens with two attached hydrogens (primary N) is 1. The minimum absolute atomic E-state index is 0.105. The molecule has 0 saturated carbocycles. The Morgan fingerprint density at radius 2 is 2.21 bits per heavy atom. The number of aromatic nitrogens is 4. The van der Waals surface area contributed by atoms with Gasteiger partial charge in [-0.3, -0.25) is 4.68 Å². The van der Waals surface area contributed by atoms with Gasteiger partial charge in [0.15, 0.2) is 0 Å². The summed E-state index contributed by atoms with van der Waals surface area (Å²) in [5.74, 6) is 0.993. The van der Waals surface area contributed by atoms with Gasteiger partial charge < -0.3 is 10.3 Å². The lowest BCUT2D eigenvalue weighted by Gasteiger charge is -2.12. The van der Waals surface area contributed by atoms with Crippen LogP contribution in [0.2, 0.25) is 0 Å². The Morgan fingerprint density at radius 1 is 1.37 bits per heavy atom. The van der Waals surface area contributed by atoms with Crippen molar-refractivity contribution in [2.45, 2.75) is 19.5 Å². The number of rotatable bonds is 3. The van der Waals surface area contributed by atoms with Crippen LogP contribution >= 0.6 is 0 Å². The summed E-state index contributed by atoms with van der Waals surface area (Å²) < 4.78 is 4.02. The molecular weight excluding hydrogens is 238 g/mol. The Morgan fingerprint density at radius 3 is 2.89 bits per heavy atom. The Hall–Kier alpha value is -2.14. The van der Waals surface area contributed by atoms with Gasteiger partial charge in [0.2, 0.25) is 0 Å². The van der Waals surface area contributed by atoms with Crippen molar-refractivity contribution >= 4 is 11.0 Å². The molecule has 98 valence electrons. The third-order valence-corrected chi connectivity index (χ3v) is 3.51. The van der Waals surface area contributed by atoms with Gasteiger partial charge in [-0.1, -0.05) is 6.07 Å². The van der Waals surface area contributed by atoms with Crippen molar-refractivity contribution in [3.63, 3.8) is 0 Å². The third kappa shape index (κ3) is 1.92. The number of benzene rings is 1. The molecule has 5 nitrogen and oxygen atoms in total. The quantitative estimate of drug-likeness (QED) is 0.776. The molecular formula is C14H17N5. The molecule has 0 aliphatic rings. The highest BCUT2D eigenvalue weighted by Gasteiger charge is 2.16. The van der Waals surface area contributed by atoms with Crippen LogP contribution in [0, 0.1) is 0 Å². The van der Waals surface area contributed by atoms with E-state index in [-0.39, 0.29) is 6.04 Å². The van der Waals surface area contributed by atoms with E-state index in [0.717, 1.165) is 22.4 Å². The maximum absolute atomic E-state index is 5.69. The first kappa shape index (κ1) is 11.9. The van der Waals surface area contributed by atoms with Crippen LogP contribution in [0.4, 0.5) is 0 Å². The van der Waals surface area contributed by atoms with Gasteiger partial charge in [-0.15, -0.1) is 0 Å². The van der Waals surface area contributed by atoms with E-state index in [1.165, 1.54) is 0 Å². The number of fused-ring (bicyclic) bond motifs is 1. The predicted octanol–water partition coefficient (Wildman–Crippen LogP) is 1.84. The Labute approximate surface area is 111 Å². The van der Waals surface area contributed by atoms with E-state index in [4.69, 9.17) is 10.7 Å². The molecule has 5 heteroatoms. The van der Waals surface area contributed by atoms with E-state index in [0.29, 0.717) is 6.54 Å². The number of imidazole rings is 1. The lowest BCUT2D eigenvalue weighted by Crippen LogP contribution is -2.12. The lowest BCUT2D eigenvalue weighted by atomic mass is 10.2. The third-order valence-electron chi connectivity index (χ3n) is 3.51. The van der Waals surface area contributed by atoms with Gasteiger partial charge in [0.25, 0.3) is 0 Å². The smallest absolute Gasteiger partial charge is 0.134 e. The molecule has 1 unspecified atom stereocenters. The largest absolute Gasteiger partial charge is 0.329 e. The Bertz CT molecular complexity index is 696. The topological polar surface area (TPSA) is 61.7 Å². The summed E-state index contributed by atoms with van der Waals surface area (Å²) in [5.41, 5.74) is 8.91. The van der Waals surface area contributed by atoms with Crippen LogP contribution in [0.5, 0.6) is 0 Å². The Balaban J connectivity index is 2.12. The molecule has 0 radical (unpaired) electrons. The SMILES string of the molecule is CC(c1nc2ccc(CN)cc2n1C)n1cccn1. The average molecular weight is 255 g/mol. The second-order valence-corrected chi connectivity index (χ2v) is 4.72. The van der Waals surface area contributed by atoms with Gasteiger partial charge in [-0.2, -0.15) is 5.10 Å². The van der Waals surface area contributed by atoms with Crippen LogP contribution < -0.4 is 5.73 Å². The summed E-state index contributed by atoms with van der Waals surface area (Å²) in [6.45, 7) is 2.64. The van der Waals surface area contributed by atoms with Crippen molar-refractivity contribution in [3.05, 3.63) is 48.0 Å². The number of hydrogen-bond acceptors (Lipinski definition) is 3. The van der Waals surface area contributed by atoms with E-state index in [9.17, 15) is 0 Å². The summed E-state index contributed by atoms with van der Waals surface area (Å²) in [6.07, 6.45) is 3.74. The molecule has 0 amide bonds. The van der Waals surface area contributed by atoms with E-state index in [1.54, 1.807) is 6.20 Å². The van der Waals surface area contributed by atoms with E-state index >= 15 is 0 Å². The van der Waals surface area contributed by atoms with Crippen molar-refractivity contribution in [1.82, 2.24) is 19.3 Å². The molecule has 19 heavy (non-hydrogen) atoms. The van der Waals surface area contributed by atoms with Gasteiger partial charge in [-0.25, -0.2) is 4.98 Å². The monoisotopic (exact) mass is 255 g/mol. The molecule has 3 rings (SSSR count). The van der Waals surface area contributed by atoms with Gasteiger partial charge in [-0.05, 0) is 30.7 Å². The van der Waals surface area contributed by atoms with E-state index < -0.39 is 0 Å². The summed E-state index contributed by atoms with van der Waals surface area (Å²) in [6, 6.07) is 8.18. The van der Waals surface area contributed by atoms with Crippen LogP contribution in [0.1, 0.15) is 24.4 Å². The van der Waals surface area contributed by atoms with Crippen molar-refractivity contribution in [2.75, 3.05) is 0 Å². The van der Waals surface area contributed by atoms with Crippen LogP contribution in [0.15, 0.2) is 36.7 Å². The van der Waals surface area contributed by atoms with Crippen LogP contribution in [-0.2, 0) is 13.6 Å². The van der Waals surface area contributed by atoms with Crippen LogP contribution in [-0.4, -0.2) is 19.3 Å². The molecule has 0 bridgehead atoms. The molecule has 3 aromatic rings. The summed E-state index contributed by atoms with van der Waals surface area (Å²) in [5, 5.41) is 4.28. The maximum atomic E-state index is 5.69. The first-order valence-corrected chi connectivity index (χ1v) is 6.35.